The first-order chi connectivity index (χ1) is 19.1. The number of unbranched alkanes of at least 4 members (excludes halogenated alkanes) is 2. The van der Waals surface area contributed by atoms with Crippen molar-refractivity contribution in [3.05, 3.63) is 59.6 Å². The minimum Gasteiger partial charge on any atom is -0.495 e. The molecule has 4 aromatic rings. The zero-order chi connectivity index (χ0) is 27.5. The van der Waals surface area contributed by atoms with Gasteiger partial charge in [0.25, 0.3) is 0 Å². The maximum atomic E-state index is 5.56. The molecular weight excluding hydrogens is 532 g/mol. The Hall–Kier alpha value is -3.90. The lowest BCUT2D eigenvalue weighted by atomic mass is 10.2. The summed E-state index contributed by atoms with van der Waals surface area (Å²) in [6, 6.07) is 11.6. The first-order valence-electron chi connectivity index (χ1n) is 12.6. The normalized spacial score (nSPS) is 11.4. The fraction of sp³-hybridized carbons (Fsp3) is 0.333. The van der Waals surface area contributed by atoms with E-state index in [1.54, 1.807) is 36.9 Å². The van der Waals surface area contributed by atoms with Gasteiger partial charge in [-0.05, 0) is 76.4 Å². The highest BCUT2D eigenvalue weighted by atomic mass is 32.1. The molecule has 4 rings (SSSR count). The van der Waals surface area contributed by atoms with Crippen molar-refractivity contribution in [1.82, 2.24) is 0 Å². The van der Waals surface area contributed by atoms with Crippen LogP contribution in [-0.4, -0.2) is 27.3 Å². The van der Waals surface area contributed by atoms with E-state index >= 15 is 0 Å². The van der Waals surface area contributed by atoms with Gasteiger partial charge in [0.15, 0.2) is 0 Å². The van der Waals surface area contributed by atoms with Crippen molar-refractivity contribution in [3.8, 4) is 11.5 Å². The number of hydrogen-bond acceptors (Lipinski definition) is 10. The van der Waals surface area contributed by atoms with Crippen LogP contribution >= 0.6 is 22.7 Å². The Labute approximate surface area is 236 Å². The highest BCUT2D eigenvalue weighted by Crippen LogP contribution is 2.31. The van der Waals surface area contributed by atoms with Gasteiger partial charge in [0, 0.05) is 36.0 Å². The quantitative estimate of drug-likeness (QED) is 0.0975. The standard InChI is InChI=1S/C27H32N8O2S2/c1-34-14-16-38-26(34)32-30-20-8-10-22(24(18-20)36-3)28-12-6-5-7-13-29-23-11-9-21(19-25(23)37-4)31-33-27-35(2)15-17-39-27/h8-11,14-19H,5-7,12-13H2,1-4H3/p+2. The molecule has 2 aromatic heterocycles. The Morgan fingerprint density at radius 1 is 0.667 bits per heavy atom. The number of anilines is 2. The maximum absolute atomic E-state index is 5.56. The number of nitrogens with one attached hydrogen (secondary N) is 2. The van der Waals surface area contributed by atoms with E-state index in [9.17, 15) is 0 Å². The van der Waals surface area contributed by atoms with Gasteiger partial charge in [-0.1, -0.05) is 0 Å². The van der Waals surface area contributed by atoms with Crippen molar-refractivity contribution in [3.63, 3.8) is 0 Å². The van der Waals surface area contributed by atoms with E-state index in [1.807, 2.05) is 82.8 Å². The van der Waals surface area contributed by atoms with Crippen LogP contribution < -0.4 is 29.2 Å². The molecule has 2 aromatic carbocycles. The van der Waals surface area contributed by atoms with Gasteiger partial charge in [-0.15, -0.1) is 0 Å². The number of benzene rings is 2. The molecule has 2 heterocycles. The number of azo groups is 2. The summed E-state index contributed by atoms with van der Waals surface area (Å²) in [5.74, 6) is 1.51. The van der Waals surface area contributed by atoms with Crippen molar-refractivity contribution < 1.29 is 18.6 Å². The van der Waals surface area contributed by atoms with E-state index in [1.165, 1.54) is 0 Å². The number of methoxy groups -OCH3 is 2. The Balaban J connectivity index is 1.19. The van der Waals surface area contributed by atoms with Gasteiger partial charge in [-0.25, -0.2) is 9.13 Å². The summed E-state index contributed by atoms with van der Waals surface area (Å²) in [7, 11) is 7.23. The molecule has 0 aliphatic heterocycles. The fourth-order valence-electron chi connectivity index (χ4n) is 3.70. The number of nitrogens with zero attached hydrogens (tertiary/aromatic N) is 6. The predicted molar refractivity (Wildman–Crippen MR) is 156 cm³/mol. The average molecular weight is 567 g/mol. The largest absolute Gasteiger partial charge is 0.495 e. The minimum absolute atomic E-state index is 0.750. The van der Waals surface area contributed by atoms with Crippen molar-refractivity contribution in [2.75, 3.05) is 37.9 Å². The van der Waals surface area contributed by atoms with Gasteiger partial charge < -0.3 is 20.1 Å². The average Bonchev–Trinajstić information content (AvgIpc) is 3.57. The molecule has 0 spiro atoms. The Morgan fingerprint density at radius 2 is 1.13 bits per heavy atom. The number of aromatic nitrogens is 2. The molecule has 10 nitrogen and oxygen atoms in total. The first-order valence-corrected chi connectivity index (χ1v) is 14.4. The van der Waals surface area contributed by atoms with Gasteiger partial charge in [0.2, 0.25) is 0 Å². The number of ether oxygens (including phenoxy) is 2. The van der Waals surface area contributed by atoms with Crippen molar-refractivity contribution >= 4 is 55.7 Å². The number of hydrogen-bond donors (Lipinski definition) is 2. The summed E-state index contributed by atoms with van der Waals surface area (Å²) in [6.45, 7) is 1.71. The zero-order valence-electron chi connectivity index (χ0n) is 22.6. The highest BCUT2D eigenvalue weighted by molar-refractivity contribution is 7.13. The molecule has 12 heteroatoms. The third kappa shape index (κ3) is 8.04. The van der Waals surface area contributed by atoms with Crippen LogP contribution in [0, 0.1) is 0 Å². The third-order valence-electron chi connectivity index (χ3n) is 5.88. The second-order valence-corrected chi connectivity index (χ2v) is 10.4. The van der Waals surface area contributed by atoms with Crippen molar-refractivity contribution in [2.45, 2.75) is 19.3 Å². The van der Waals surface area contributed by atoms with Crippen molar-refractivity contribution in [1.29, 1.82) is 0 Å². The lowest BCUT2D eigenvalue weighted by molar-refractivity contribution is -0.654. The van der Waals surface area contributed by atoms with Crippen LogP contribution in [0.4, 0.5) is 33.0 Å². The SMILES string of the molecule is COc1cc(N=Nc2scc[n+]2C)ccc1NCCCCCNc1ccc(N=Nc2scc[n+]2C)cc1OC. The van der Waals surface area contributed by atoms with Crippen LogP contribution in [0.3, 0.4) is 0 Å². The molecule has 0 amide bonds. The second kappa shape index (κ2) is 14.3. The number of thiazole rings is 2. The van der Waals surface area contributed by atoms with Gasteiger partial charge in [0.1, 0.15) is 35.3 Å². The van der Waals surface area contributed by atoms with Crippen LogP contribution in [0.1, 0.15) is 19.3 Å². The lowest BCUT2D eigenvalue weighted by Crippen LogP contribution is -2.23. The van der Waals surface area contributed by atoms with E-state index in [4.69, 9.17) is 9.47 Å². The molecule has 0 aliphatic carbocycles. The molecule has 0 atom stereocenters. The lowest BCUT2D eigenvalue weighted by Gasteiger charge is -2.12. The van der Waals surface area contributed by atoms with Gasteiger partial charge >= 0.3 is 10.3 Å². The van der Waals surface area contributed by atoms with Gasteiger partial charge in [-0.3, -0.25) is 0 Å². The van der Waals surface area contributed by atoms with E-state index in [0.29, 0.717) is 0 Å². The first kappa shape index (κ1) is 28.1. The summed E-state index contributed by atoms with van der Waals surface area (Å²) >= 11 is 3.09. The number of rotatable bonds is 14. The maximum Gasteiger partial charge on any atom is 0.408 e. The summed E-state index contributed by atoms with van der Waals surface area (Å²) in [5, 5.41) is 29.9. The van der Waals surface area contributed by atoms with Crippen LogP contribution in [0.5, 0.6) is 11.5 Å². The molecule has 2 N–H and O–H groups in total. The predicted octanol–water partition coefficient (Wildman–Crippen LogP) is 7.00. The van der Waals surface area contributed by atoms with Crippen LogP contribution in [-0.2, 0) is 14.1 Å². The minimum atomic E-state index is 0.750. The molecular formula is C27H34N8O2S2+2. The topological polar surface area (TPSA) is 99.7 Å². The molecule has 0 bridgehead atoms. The van der Waals surface area contributed by atoms with Crippen LogP contribution in [0.2, 0.25) is 0 Å². The zero-order valence-corrected chi connectivity index (χ0v) is 24.3. The van der Waals surface area contributed by atoms with E-state index < -0.39 is 0 Å². The molecule has 0 fully saturated rings. The van der Waals surface area contributed by atoms with Crippen LogP contribution in [0.25, 0.3) is 0 Å². The smallest absolute Gasteiger partial charge is 0.408 e. The summed E-state index contributed by atoms with van der Waals surface area (Å²) < 4.78 is 15.0. The third-order valence-corrected chi connectivity index (χ3v) is 7.55. The Bertz CT molecular complexity index is 1310. The number of aryl methyl sites for hydroxylation is 2. The van der Waals surface area contributed by atoms with E-state index in [-0.39, 0.29) is 0 Å². The summed E-state index contributed by atoms with van der Waals surface area (Å²) in [4.78, 5) is 0. The van der Waals surface area contributed by atoms with Crippen LogP contribution in [0.15, 0.2) is 80.0 Å². The Kier molecular flexibility index (Phi) is 10.3. The van der Waals surface area contributed by atoms with Gasteiger partial charge in [-0.2, -0.15) is 0 Å². The monoisotopic (exact) mass is 566 g/mol. The second-order valence-electron chi connectivity index (χ2n) is 8.68. The van der Waals surface area contributed by atoms with Gasteiger partial charge in [0.05, 0.1) is 49.9 Å². The molecule has 0 saturated carbocycles. The molecule has 0 saturated heterocycles. The molecule has 204 valence electrons. The molecule has 0 unspecified atom stereocenters. The molecule has 0 aliphatic rings. The highest BCUT2D eigenvalue weighted by Gasteiger charge is 2.11. The molecule has 39 heavy (non-hydrogen) atoms. The molecule has 0 radical (unpaired) electrons. The fourth-order valence-corrected chi connectivity index (χ4v) is 5.06. The van der Waals surface area contributed by atoms with Crippen molar-refractivity contribution in [2.24, 2.45) is 34.6 Å². The Morgan fingerprint density at radius 3 is 1.51 bits per heavy atom. The van der Waals surface area contributed by atoms with E-state index in [2.05, 4.69) is 31.1 Å². The summed E-state index contributed by atoms with van der Waals surface area (Å²) in [6.07, 6.45) is 7.08. The summed E-state index contributed by atoms with van der Waals surface area (Å²) in [5.41, 5.74) is 3.40. The van der Waals surface area contributed by atoms with E-state index in [0.717, 1.165) is 76.9 Å².